The molecule has 0 radical (unpaired) electrons. The van der Waals surface area contributed by atoms with Crippen LogP contribution in [-0.4, -0.2) is 68.6 Å². The number of nitrogens with zero attached hydrogens (tertiary/aromatic N) is 2. The number of nitrogens with two attached hydrogens (primary N) is 1. The number of anilines is 2. The molecule has 0 bridgehead atoms. The molecule has 4 N–H and O–H groups in total. The number of ether oxygens (including phenoxy) is 1. The number of sulfone groups is 1. The Kier molecular flexibility index (Phi) is 10.7. The van der Waals surface area contributed by atoms with Crippen LogP contribution in [0.4, 0.5) is 25.0 Å². The number of hydrogen-bond acceptors (Lipinski definition) is 7. The van der Waals surface area contributed by atoms with Crippen molar-refractivity contribution >= 4 is 39.1 Å². The molecule has 4 rings (SSSR count). The summed E-state index contributed by atoms with van der Waals surface area (Å²) < 4.78 is 62.2. The third-order valence-electron chi connectivity index (χ3n) is 7.88. The molecule has 2 atom stereocenters. The van der Waals surface area contributed by atoms with E-state index in [0.717, 1.165) is 12.1 Å². The number of rotatable bonds is 11. The molecule has 0 unspecified atom stereocenters. The highest BCUT2D eigenvalue weighted by molar-refractivity contribution is 7.92. The number of amides is 4. The van der Waals surface area contributed by atoms with E-state index in [0.29, 0.717) is 24.1 Å². The SMILES string of the molecule is CCOc1cc([C@@H](Nc2cc(C(N)=O)ccc2F)C(=O)N2CCC[C@@H]2c2cc(NC(=O)N(C)C)ccc2S(=O)(=O)C(C)C)ccc1F. The summed E-state index contributed by atoms with van der Waals surface area (Å²) in [7, 11) is -0.716. The summed E-state index contributed by atoms with van der Waals surface area (Å²) >= 11 is 0. The Labute approximate surface area is 273 Å². The van der Waals surface area contributed by atoms with Crippen LogP contribution in [0.15, 0.2) is 59.5 Å². The molecule has 1 aliphatic rings. The molecule has 11 nitrogen and oxygen atoms in total. The number of halogens is 2. The van der Waals surface area contributed by atoms with Crippen LogP contribution in [0.2, 0.25) is 0 Å². The Balaban J connectivity index is 1.85. The highest BCUT2D eigenvalue weighted by Crippen LogP contribution is 2.40. The van der Waals surface area contributed by atoms with Gasteiger partial charge in [0.15, 0.2) is 21.4 Å². The lowest BCUT2D eigenvalue weighted by atomic mass is 10.0. The van der Waals surface area contributed by atoms with Crippen LogP contribution >= 0.6 is 0 Å². The molecular weight excluding hydrogens is 632 g/mol. The molecule has 14 heteroatoms. The third kappa shape index (κ3) is 7.64. The largest absolute Gasteiger partial charge is 0.491 e. The molecule has 1 aliphatic heterocycles. The molecule has 0 aromatic heterocycles. The van der Waals surface area contributed by atoms with Crippen LogP contribution < -0.4 is 21.1 Å². The zero-order valence-corrected chi connectivity index (χ0v) is 27.7. The second kappa shape index (κ2) is 14.4. The summed E-state index contributed by atoms with van der Waals surface area (Å²) in [4.78, 5) is 41.7. The van der Waals surface area contributed by atoms with E-state index in [1.165, 1.54) is 46.2 Å². The van der Waals surface area contributed by atoms with Crippen molar-refractivity contribution in [2.45, 2.75) is 55.8 Å². The minimum absolute atomic E-state index is 0.00613. The standard InChI is InChI=1S/C33H39F2N5O6S/c1-6-46-28-17-20(9-13-25(28)35)30(38-26-16-21(31(36)41)10-12-24(26)34)32(42)40-15-7-8-27(40)23-18-22(37-33(43)39(4)5)11-14-29(23)47(44,45)19(2)3/h9-14,16-19,27,30,38H,6-8,15H2,1-5H3,(H2,36,41)(H,37,43)/t27-,30-/m1/s1. The molecule has 0 spiro atoms. The smallest absolute Gasteiger partial charge is 0.321 e. The van der Waals surface area contributed by atoms with E-state index in [1.54, 1.807) is 40.9 Å². The van der Waals surface area contributed by atoms with Crippen molar-refractivity contribution in [3.63, 3.8) is 0 Å². The fourth-order valence-electron chi connectivity index (χ4n) is 5.35. The summed E-state index contributed by atoms with van der Waals surface area (Å²) in [6, 6.07) is 9.21. The molecule has 1 saturated heterocycles. The topological polar surface area (TPSA) is 151 Å². The number of primary amides is 1. The zero-order valence-electron chi connectivity index (χ0n) is 26.8. The second-order valence-electron chi connectivity index (χ2n) is 11.6. The maximum absolute atomic E-state index is 15.1. The molecule has 252 valence electrons. The van der Waals surface area contributed by atoms with Crippen molar-refractivity contribution in [3.05, 3.63) is 82.9 Å². The van der Waals surface area contributed by atoms with Gasteiger partial charge in [0.05, 0.1) is 28.5 Å². The van der Waals surface area contributed by atoms with E-state index in [-0.39, 0.29) is 40.6 Å². The van der Waals surface area contributed by atoms with Gasteiger partial charge in [0.1, 0.15) is 11.9 Å². The maximum Gasteiger partial charge on any atom is 0.321 e. The van der Waals surface area contributed by atoms with Crippen molar-refractivity contribution in [1.82, 2.24) is 9.80 Å². The number of benzene rings is 3. The zero-order chi connectivity index (χ0) is 34.6. The minimum atomic E-state index is -3.84. The lowest BCUT2D eigenvalue weighted by molar-refractivity contribution is -0.133. The van der Waals surface area contributed by atoms with Gasteiger partial charge in [-0.2, -0.15) is 0 Å². The summed E-state index contributed by atoms with van der Waals surface area (Å²) in [5.41, 5.74) is 6.09. The van der Waals surface area contributed by atoms with Crippen LogP contribution in [0.5, 0.6) is 5.75 Å². The molecular formula is C33H39F2N5O6S. The van der Waals surface area contributed by atoms with Crippen molar-refractivity contribution in [1.29, 1.82) is 0 Å². The lowest BCUT2D eigenvalue weighted by Crippen LogP contribution is -2.38. The van der Waals surface area contributed by atoms with Crippen LogP contribution in [0.25, 0.3) is 0 Å². The predicted octanol–water partition coefficient (Wildman–Crippen LogP) is 5.25. The van der Waals surface area contributed by atoms with Gasteiger partial charge in [-0.1, -0.05) is 6.07 Å². The Morgan fingerprint density at radius 2 is 1.74 bits per heavy atom. The van der Waals surface area contributed by atoms with Crippen LogP contribution in [0.1, 0.15) is 67.2 Å². The normalized spacial score (nSPS) is 15.3. The molecule has 0 saturated carbocycles. The summed E-state index contributed by atoms with van der Waals surface area (Å²) in [5.74, 6) is -2.93. The Morgan fingerprint density at radius 3 is 2.38 bits per heavy atom. The van der Waals surface area contributed by atoms with E-state index in [4.69, 9.17) is 10.5 Å². The van der Waals surface area contributed by atoms with E-state index in [2.05, 4.69) is 10.6 Å². The number of carbonyl (C=O) groups excluding carboxylic acids is 3. The number of carbonyl (C=O) groups is 3. The lowest BCUT2D eigenvalue weighted by Gasteiger charge is -2.32. The first-order valence-corrected chi connectivity index (χ1v) is 16.6. The van der Waals surface area contributed by atoms with Gasteiger partial charge in [-0.3, -0.25) is 9.59 Å². The Bertz CT molecular complexity index is 1780. The van der Waals surface area contributed by atoms with Crippen LogP contribution in [-0.2, 0) is 14.6 Å². The number of likely N-dealkylation sites (tertiary alicyclic amines) is 1. The fourth-order valence-corrected chi connectivity index (χ4v) is 6.64. The fraction of sp³-hybridized carbons (Fsp3) is 0.364. The van der Waals surface area contributed by atoms with Gasteiger partial charge in [0, 0.05) is 31.9 Å². The van der Waals surface area contributed by atoms with Crippen molar-refractivity contribution < 1.29 is 36.3 Å². The van der Waals surface area contributed by atoms with E-state index < -0.39 is 56.7 Å². The van der Waals surface area contributed by atoms with Gasteiger partial charge < -0.3 is 30.9 Å². The van der Waals surface area contributed by atoms with Crippen LogP contribution in [0, 0.1) is 11.6 Å². The third-order valence-corrected chi connectivity index (χ3v) is 10.1. The number of nitrogens with one attached hydrogen (secondary N) is 2. The molecule has 0 aliphatic carbocycles. The molecule has 1 heterocycles. The van der Waals surface area contributed by atoms with Gasteiger partial charge in [-0.05, 0) is 93.3 Å². The van der Waals surface area contributed by atoms with E-state index >= 15 is 4.39 Å². The first-order chi connectivity index (χ1) is 22.1. The first-order valence-electron chi connectivity index (χ1n) is 15.1. The first kappa shape index (κ1) is 35.1. The van der Waals surface area contributed by atoms with Crippen molar-refractivity contribution in [3.8, 4) is 5.75 Å². The van der Waals surface area contributed by atoms with Gasteiger partial charge in [0.25, 0.3) is 0 Å². The second-order valence-corrected chi connectivity index (χ2v) is 14.1. The van der Waals surface area contributed by atoms with Gasteiger partial charge >= 0.3 is 6.03 Å². The molecule has 4 amide bonds. The number of urea groups is 1. The summed E-state index contributed by atoms with van der Waals surface area (Å²) in [6.07, 6.45) is 0.904. The van der Waals surface area contributed by atoms with Crippen LogP contribution in [0.3, 0.4) is 0 Å². The Morgan fingerprint density at radius 1 is 1.04 bits per heavy atom. The minimum Gasteiger partial charge on any atom is -0.491 e. The predicted molar refractivity (Wildman–Crippen MR) is 174 cm³/mol. The number of hydrogen-bond donors (Lipinski definition) is 3. The summed E-state index contributed by atoms with van der Waals surface area (Å²) in [5, 5.41) is 4.83. The van der Waals surface area contributed by atoms with E-state index in [1.807, 2.05) is 0 Å². The van der Waals surface area contributed by atoms with Crippen molar-refractivity contribution in [2.24, 2.45) is 5.73 Å². The maximum atomic E-state index is 15.1. The average molecular weight is 672 g/mol. The van der Waals surface area contributed by atoms with Gasteiger partial charge in [-0.15, -0.1) is 0 Å². The summed E-state index contributed by atoms with van der Waals surface area (Å²) in [6.45, 7) is 5.14. The molecule has 1 fully saturated rings. The molecule has 47 heavy (non-hydrogen) atoms. The highest BCUT2D eigenvalue weighted by Gasteiger charge is 2.38. The van der Waals surface area contributed by atoms with Gasteiger partial charge in [-0.25, -0.2) is 22.0 Å². The molecule has 3 aromatic rings. The Hall–Kier alpha value is -4.72. The quantitative estimate of drug-likeness (QED) is 0.252. The highest BCUT2D eigenvalue weighted by atomic mass is 32.2. The molecule has 3 aromatic carbocycles. The van der Waals surface area contributed by atoms with E-state index in [9.17, 15) is 27.2 Å². The monoisotopic (exact) mass is 671 g/mol. The average Bonchev–Trinajstić information content (AvgIpc) is 3.51. The van der Waals surface area contributed by atoms with Crippen molar-refractivity contribution in [2.75, 3.05) is 37.9 Å². The van der Waals surface area contributed by atoms with Gasteiger partial charge in [0.2, 0.25) is 11.8 Å².